The molecule has 1 aliphatic heterocycles. The Morgan fingerprint density at radius 1 is 1.48 bits per heavy atom. The van der Waals surface area contributed by atoms with Crippen molar-refractivity contribution in [2.45, 2.75) is 38.8 Å². The number of H-pyrrole nitrogens is 1. The van der Waals surface area contributed by atoms with E-state index in [1.807, 2.05) is 12.3 Å². The van der Waals surface area contributed by atoms with Crippen LogP contribution in [0.3, 0.4) is 0 Å². The molecule has 0 aliphatic carbocycles. The molecule has 2 unspecified atom stereocenters. The highest BCUT2D eigenvalue weighted by atomic mass is 35.5. The second-order valence-electron chi connectivity index (χ2n) is 6.01. The normalized spacial score (nSPS) is 21.8. The Morgan fingerprint density at radius 2 is 2.30 bits per heavy atom. The lowest BCUT2D eigenvalue weighted by atomic mass is 10.1. The highest BCUT2D eigenvalue weighted by Gasteiger charge is 2.29. The number of nitrogens with one attached hydrogen (secondary N) is 2. The van der Waals surface area contributed by atoms with Gasteiger partial charge in [0, 0.05) is 31.9 Å². The van der Waals surface area contributed by atoms with Gasteiger partial charge in [0.1, 0.15) is 5.82 Å². The molecular weight excluding hydrogens is 332 g/mol. The Hall–Kier alpha value is -1.08. The van der Waals surface area contributed by atoms with Gasteiger partial charge in [0.2, 0.25) is 0 Å². The fourth-order valence-corrected chi connectivity index (χ4v) is 4.40. The molecular formula is C16H23ClN4OS. The Balaban J connectivity index is 1.83. The van der Waals surface area contributed by atoms with Crippen LogP contribution in [0.25, 0.3) is 0 Å². The molecule has 0 radical (unpaired) electrons. The molecule has 1 aliphatic rings. The van der Waals surface area contributed by atoms with Crippen LogP contribution in [0.1, 0.15) is 37.0 Å². The smallest absolute Gasteiger partial charge is 0.125 e. The predicted octanol–water partition coefficient (Wildman–Crippen LogP) is 2.76. The predicted molar refractivity (Wildman–Crippen MR) is 95.6 cm³/mol. The summed E-state index contributed by atoms with van der Waals surface area (Å²) in [5.41, 5.74) is 2.22. The van der Waals surface area contributed by atoms with Gasteiger partial charge in [-0.25, -0.2) is 4.98 Å². The van der Waals surface area contributed by atoms with Crippen molar-refractivity contribution in [1.29, 1.82) is 0 Å². The third kappa shape index (κ3) is 3.71. The van der Waals surface area contributed by atoms with Crippen LogP contribution < -0.4 is 10.2 Å². The molecule has 2 aromatic heterocycles. The molecule has 7 heteroatoms. The SMILES string of the molecule is CCc1c[nH]c(C2CN(c3sc(Cl)cc3CCO)CC(C)N2)n1. The molecule has 3 heterocycles. The number of rotatable bonds is 5. The average Bonchev–Trinajstić information content (AvgIpc) is 3.13. The van der Waals surface area contributed by atoms with E-state index in [1.165, 1.54) is 5.00 Å². The molecule has 0 bridgehead atoms. The summed E-state index contributed by atoms with van der Waals surface area (Å²) in [4.78, 5) is 10.3. The maximum absolute atomic E-state index is 9.28. The minimum atomic E-state index is 0.142. The molecule has 126 valence electrons. The number of hydrogen-bond acceptors (Lipinski definition) is 5. The molecule has 1 fully saturated rings. The zero-order valence-electron chi connectivity index (χ0n) is 13.5. The van der Waals surface area contributed by atoms with Crippen molar-refractivity contribution in [3.8, 4) is 0 Å². The molecule has 2 aromatic rings. The van der Waals surface area contributed by atoms with E-state index in [2.05, 4.69) is 34.0 Å². The van der Waals surface area contributed by atoms with E-state index >= 15 is 0 Å². The Bertz CT molecular complexity index is 656. The van der Waals surface area contributed by atoms with Crippen LogP contribution in [0.4, 0.5) is 5.00 Å². The third-order valence-electron chi connectivity index (χ3n) is 4.15. The van der Waals surface area contributed by atoms with Gasteiger partial charge in [-0.1, -0.05) is 18.5 Å². The number of halogens is 1. The third-order valence-corrected chi connectivity index (χ3v) is 5.52. The molecule has 0 amide bonds. The van der Waals surface area contributed by atoms with Gasteiger partial charge in [-0.2, -0.15) is 0 Å². The summed E-state index contributed by atoms with van der Waals surface area (Å²) < 4.78 is 0.775. The lowest BCUT2D eigenvalue weighted by molar-refractivity contribution is 0.299. The Morgan fingerprint density at radius 3 is 3.00 bits per heavy atom. The zero-order chi connectivity index (χ0) is 16.4. The average molecular weight is 355 g/mol. The summed E-state index contributed by atoms with van der Waals surface area (Å²) in [6.07, 6.45) is 3.56. The summed E-state index contributed by atoms with van der Waals surface area (Å²) in [7, 11) is 0. The van der Waals surface area contributed by atoms with E-state index in [0.29, 0.717) is 12.5 Å². The highest BCUT2D eigenvalue weighted by Crippen LogP contribution is 2.37. The van der Waals surface area contributed by atoms with Gasteiger partial charge in [0.25, 0.3) is 0 Å². The van der Waals surface area contributed by atoms with Gasteiger partial charge in [0.05, 0.1) is 21.1 Å². The minimum absolute atomic E-state index is 0.142. The molecule has 23 heavy (non-hydrogen) atoms. The first kappa shape index (κ1) is 16.8. The van der Waals surface area contributed by atoms with Crippen molar-refractivity contribution in [3.05, 3.63) is 33.7 Å². The number of thiophene rings is 1. The number of aromatic nitrogens is 2. The van der Waals surface area contributed by atoms with Crippen LogP contribution in [0.2, 0.25) is 4.34 Å². The largest absolute Gasteiger partial charge is 0.396 e. The fraction of sp³-hybridized carbons (Fsp3) is 0.562. The molecule has 3 rings (SSSR count). The second kappa shape index (κ2) is 7.21. The topological polar surface area (TPSA) is 64.2 Å². The van der Waals surface area contributed by atoms with Gasteiger partial charge in [-0.15, -0.1) is 11.3 Å². The van der Waals surface area contributed by atoms with Crippen molar-refractivity contribution < 1.29 is 5.11 Å². The first-order valence-corrected chi connectivity index (χ1v) is 9.24. The monoisotopic (exact) mass is 354 g/mol. The van der Waals surface area contributed by atoms with Crippen LogP contribution in [0.15, 0.2) is 12.3 Å². The number of imidazole rings is 1. The number of nitrogens with zero attached hydrogens (tertiary/aromatic N) is 2. The fourth-order valence-electron chi connectivity index (χ4n) is 3.09. The highest BCUT2D eigenvalue weighted by molar-refractivity contribution is 7.20. The number of aliphatic hydroxyl groups is 1. The van der Waals surface area contributed by atoms with Crippen molar-refractivity contribution in [2.24, 2.45) is 0 Å². The van der Waals surface area contributed by atoms with Crippen molar-refractivity contribution >= 4 is 27.9 Å². The van der Waals surface area contributed by atoms with Crippen molar-refractivity contribution in [1.82, 2.24) is 15.3 Å². The molecule has 3 N–H and O–H groups in total. The van der Waals surface area contributed by atoms with E-state index < -0.39 is 0 Å². The maximum atomic E-state index is 9.28. The van der Waals surface area contributed by atoms with Gasteiger partial charge >= 0.3 is 0 Å². The number of piperazine rings is 1. The molecule has 0 aromatic carbocycles. The number of aromatic amines is 1. The van der Waals surface area contributed by atoms with Crippen molar-refractivity contribution in [3.63, 3.8) is 0 Å². The number of aryl methyl sites for hydroxylation is 1. The van der Waals surface area contributed by atoms with Crippen LogP contribution in [0, 0.1) is 0 Å². The van der Waals surface area contributed by atoms with E-state index in [-0.39, 0.29) is 12.6 Å². The quantitative estimate of drug-likeness (QED) is 0.772. The van der Waals surface area contributed by atoms with Gasteiger partial charge in [-0.3, -0.25) is 0 Å². The lowest BCUT2D eigenvalue weighted by Gasteiger charge is -2.38. The molecule has 1 saturated heterocycles. The number of hydrogen-bond donors (Lipinski definition) is 3. The van der Waals surface area contributed by atoms with Crippen molar-refractivity contribution in [2.75, 3.05) is 24.6 Å². The lowest BCUT2D eigenvalue weighted by Crippen LogP contribution is -2.51. The van der Waals surface area contributed by atoms with Gasteiger partial charge in [0.15, 0.2) is 0 Å². The number of anilines is 1. The Kier molecular flexibility index (Phi) is 5.26. The van der Waals surface area contributed by atoms with Crippen LogP contribution >= 0.6 is 22.9 Å². The summed E-state index contributed by atoms with van der Waals surface area (Å²) in [6, 6.07) is 2.50. The molecule has 0 saturated carbocycles. The summed E-state index contributed by atoms with van der Waals surface area (Å²) in [5.74, 6) is 0.991. The second-order valence-corrected chi connectivity index (χ2v) is 7.67. The zero-order valence-corrected chi connectivity index (χ0v) is 15.0. The van der Waals surface area contributed by atoms with E-state index in [1.54, 1.807) is 11.3 Å². The first-order valence-electron chi connectivity index (χ1n) is 8.05. The van der Waals surface area contributed by atoms with E-state index in [0.717, 1.165) is 40.9 Å². The molecule has 5 nitrogen and oxygen atoms in total. The van der Waals surface area contributed by atoms with Crippen LogP contribution in [0.5, 0.6) is 0 Å². The van der Waals surface area contributed by atoms with E-state index in [9.17, 15) is 5.11 Å². The number of aliphatic hydroxyl groups excluding tert-OH is 1. The minimum Gasteiger partial charge on any atom is -0.396 e. The maximum Gasteiger partial charge on any atom is 0.125 e. The van der Waals surface area contributed by atoms with Gasteiger partial charge in [-0.05, 0) is 31.4 Å². The van der Waals surface area contributed by atoms with Crippen LogP contribution in [-0.2, 0) is 12.8 Å². The summed E-state index contributed by atoms with van der Waals surface area (Å²) in [6.45, 7) is 6.20. The van der Waals surface area contributed by atoms with Gasteiger partial charge < -0.3 is 20.3 Å². The summed E-state index contributed by atoms with van der Waals surface area (Å²) in [5, 5.41) is 14.1. The molecule has 0 spiro atoms. The first-order chi connectivity index (χ1) is 11.1. The van der Waals surface area contributed by atoms with Crippen LogP contribution in [-0.4, -0.2) is 40.8 Å². The van der Waals surface area contributed by atoms with E-state index in [4.69, 9.17) is 11.6 Å². The standard InChI is InChI=1S/C16H23ClN4OS/c1-3-12-7-18-15(20-12)13-9-21(8-10(2)19-13)16-11(4-5-22)6-14(17)23-16/h6-7,10,13,19,22H,3-5,8-9H2,1-2H3,(H,18,20). The molecule has 2 atom stereocenters. The Labute approximate surface area is 145 Å². The summed E-state index contributed by atoms with van der Waals surface area (Å²) >= 11 is 7.80.